The van der Waals surface area contributed by atoms with E-state index in [4.69, 9.17) is 0 Å². The summed E-state index contributed by atoms with van der Waals surface area (Å²) in [6.07, 6.45) is 0. The molecule has 0 spiro atoms. The molecule has 0 aromatic heterocycles. The summed E-state index contributed by atoms with van der Waals surface area (Å²) < 4.78 is 0. The molecule has 1 atom stereocenters. The first kappa shape index (κ1) is 15.3. The average molecular weight is 290 g/mol. The smallest absolute Gasteiger partial charge is 0.319 e. The van der Waals surface area contributed by atoms with Gasteiger partial charge in [-0.1, -0.05) is 12.1 Å². The van der Waals surface area contributed by atoms with Gasteiger partial charge in [-0.2, -0.15) is 0 Å². The van der Waals surface area contributed by atoms with E-state index in [2.05, 4.69) is 16.0 Å². The molecule has 3 amide bonds. The standard InChI is InChI=1S/C15H22N4O2/c1-11-4-3-5-13(8-11)18-15(21)17-10-14(20)19-7-6-16-9-12(19)2/h3-5,8,12,16H,6-7,9-10H2,1-2H3,(H2,17,18,21)/t12-/m1/s1. The maximum absolute atomic E-state index is 12.1. The molecule has 3 N–H and O–H groups in total. The van der Waals surface area contributed by atoms with Gasteiger partial charge in [0, 0.05) is 31.4 Å². The van der Waals surface area contributed by atoms with Crippen molar-refractivity contribution in [2.24, 2.45) is 0 Å². The maximum atomic E-state index is 12.1. The van der Waals surface area contributed by atoms with Gasteiger partial charge in [-0.25, -0.2) is 4.79 Å². The topological polar surface area (TPSA) is 73.5 Å². The molecule has 1 aliphatic rings. The van der Waals surface area contributed by atoms with Crippen LogP contribution in [0.4, 0.5) is 10.5 Å². The van der Waals surface area contributed by atoms with Crippen molar-refractivity contribution in [1.82, 2.24) is 15.5 Å². The van der Waals surface area contributed by atoms with E-state index in [1.165, 1.54) is 0 Å². The van der Waals surface area contributed by atoms with E-state index in [0.717, 1.165) is 24.3 Å². The number of rotatable bonds is 3. The fraction of sp³-hybridized carbons (Fsp3) is 0.467. The largest absolute Gasteiger partial charge is 0.336 e. The van der Waals surface area contributed by atoms with Crippen LogP contribution >= 0.6 is 0 Å². The number of hydrogen-bond acceptors (Lipinski definition) is 3. The SMILES string of the molecule is Cc1cccc(NC(=O)NCC(=O)N2CCNC[C@H]2C)c1. The van der Waals surface area contributed by atoms with Gasteiger partial charge < -0.3 is 20.9 Å². The molecule has 6 nitrogen and oxygen atoms in total. The van der Waals surface area contributed by atoms with Gasteiger partial charge in [0.2, 0.25) is 5.91 Å². The van der Waals surface area contributed by atoms with Crippen LogP contribution in [0, 0.1) is 6.92 Å². The predicted octanol–water partition coefficient (Wildman–Crippen LogP) is 0.937. The van der Waals surface area contributed by atoms with Gasteiger partial charge in [0.05, 0.1) is 6.54 Å². The van der Waals surface area contributed by atoms with E-state index in [0.29, 0.717) is 6.54 Å². The molecule has 21 heavy (non-hydrogen) atoms. The number of aryl methyl sites for hydroxylation is 1. The van der Waals surface area contributed by atoms with Crippen molar-refractivity contribution in [2.45, 2.75) is 19.9 Å². The lowest BCUT2D eigenvalue weighted by atomic mass is 10.2. The molecule has 0 aliphatic carbocycles. The number of urea groups is 1. The number of carbonyl (C=O) groups is 2. The van der Waals surface area contributed by atoms with Gasteiger partial charge in [0.15, 0.2) is 0 Å². The zero-order valence-electron chi connectivity index (χ0n) is 12.5. The molecule has 1 aromatic carbocycles. The van der Waals surface area contributed by atoms with Gasteiger partial charge in [0.25, 0.3) is 0 Å². The lowest BCUT2D eigenvalue weighted by molar-refractivity contribution is -0.132. The Kier molecular flexibility index (Phi) is 5.16. The molecule has 2 rings (SSSR count). The van der Waals surface area contributed by atoms with Crippen LogP contribution in [0.15, 0.2) is 24.3 Å². The van der Waals surface area contributed by atoms with Gasteiger partial charge in [-0.3, -0.25) is 4.79 Å². The number of amides is 3. The minimum absolute atomic E-state index is 0.0159. The summed E-state index contributed by atoms with van der Waals surface area (Å²) in [6, 6.07) is 7.31. The Morgan fingerprint density at radius 2 is 2.24 bits per heavy atom. The Morgan fingerprint density at radius 1 is 1.43 bits per heavy atom. The number of carbonyl (C=O) groups excluding carboxylic acids is 2. The number of benzene rings is 1. The highest BCUT2D eigenvalue weighted by Gasteiger charge is 2.22. The van der Waals surface area contributed by atoms with Gasteiger partial charge in [-0.05, 0) is 31.5 Å². The molecular formula is C15H22N4O2. The molecule has 6 heteroatoms. The van der Waals surface area contributed by atoms with E-state index >= 15 is 0 Å². The summed E-state index contributed by atoms with van der Waals surface area (Å²) in [5.41, 5.74) is 1.79. The molecule has 1 saturated heterocycles. The Bertz CT molecular complexity index is 518. The molecule has 114 valence electrons. The highest BCUT2D eigenvalue weighted by Crippen LogP contribution is 2.09. The normalized spacial score (nSPS) is 18.2. The number of nitrogens with one attached hydrogen (secondary N) is 3. The third-order valence-electron chi connectivity index (χ3n) is 3.50. The summed E-state index contributed by atoms with van der Waals surface area (Å²) in [7, 11) is 0. The van der Waals surface area contributed by atoms with E-state index in [-0.39, 0.29) is 24.5 Å². The summed E-state index contributed by atoms with van der Waals surface area (Å²) in [5.74, 6) is -0.0524. The van der Waals surface area contributed by atoms with E-state index < -0.39 is 0 Å². The summed E-state index contributed by atoms with van der Waals surface area (Å²) in [6.45, 7) is 6.24. The third kappa shape index (κ3) is 4.46. The number of hydrogen-bond donors (Lipinski definition) is 3. The monoisotopic (exact) mass is 290 g/mol. The minimum Gasteiger partial charge on any atom is -0.336 e. The molecule has 0 bridgehead atoms. The molecule has 1 heterocycles. The first-order chi connectivity index (χ1) is 10.1. The van der Waals surface area contributed by atoms with Crippen LogP contribution in [-0.2, 0) is 4.79 Å². The van der Waals surface area contributed by atoms with E-state index in [9.17, 15) is 9.59 Å². The maximum Gasteiger partial charge on any atom is 0.319 e. The van der Waals surface area contributed by atoms with Crippen molar-refractivity contribution in [2.75, 3.05) is 31.5 Å². The van der Waals surface area contributed by atoms with Crippen molar-refractivity contribution < 1.29 is 9.59 Å². The number of piperazine rings is 1. The second kappa shape index (κ2) is 7.08. The molecule has 1 fully saturated rings. The van der Waals surface area contributed by atoms with Crippen molar-refractivity contribution in [3.8, 4) is 0 Å². The van der Waals surface area contributed by atoms with E-state index in [1.807, 2.05) is 38.1 Å². The lowest BCUT2D eigenvalue weighted by Gasteiger charge is -2.34. The molecule has 1 aromatic rings. The zero-order valence-corrected chi connectivity index (χ0v) is 12.5. The van der Waals surface area contributed by atoms with Crippen molar-refractivity contribution in [3.63, 3.8) is 0 Å². The van der Waals surface area contributed by atoms with Crippen LogP contribution in [0.5, 0.6) is 0 Å². The Hall–Kier alpha value is -2.08. The fourth-order valence-corrected chi connectivity index (χ4v) is 2.37. The summed E-state index contributed by atoms with van der Waals surface area (Å²) in [4.78, 5) is 25.7. The van der Waals surface area contributed by atoms with Crippen LogP contribution in [0.25, 0.3) is 0 Å². The lowest BCUT2D eigenvalue weighted by Crippen LogP contribution is -2.54. The molecule has 0 unspecified atom stereocenters. The predicted molar refractivity (Wildman–Crippen MR) is 82.2 cm³/mol. The van der Waals surface area contributed by atoms with Crippen molar-refractivity contribution in [1.29, 1.82) is 0 Å². The second-order valence-electron chi connectivity index (χ2n) is 5.32. The minimum atomic E-state index is -0.364. The van der Waals surface area contributed by atoms with Crippen LogP contribution in [-0.4, -0.2) is 49.1 Å². The van der Waals surface area contributed by atoms with Gasteiger partial charge >= 0.3 is 6.03 Å². The average Bonchev–Trinajstić information content (AvgIpc) is 2.45. The quantitative estimate of drug-likeness (QED) is 0.775. The fourth-order valence-electron chi connectivity index (χ4n) is 2.37. The van der Waals surface area contributed by atoms with Gasteiger partial charge in [-0.15, -0.1) is 0 Å². The summed E-state index contributed by atoms with van der Waals surface area (Å²) in [5, 5.41) is 8.55. The highest BCUT2D eigenvalue weighted by atomic mass is 16.2. The van der Waals surface area contributed by atoms with Crippen LogP contribution in [0.2, 0.25) is 0 Å². The molecule has 0 radical (unpaired) electrons. The Morgan fingerprint density at radius 3 is 2.95 bits per heavy atom. The van der Waals surface area contributed by atoms with Crippen LogP contribution in [0.3, 0.4) is 0 Å². The molecule has 1 aliphatic heterocycles. The van der Waals surface area contributed by atoms with Gasteiger partial charge in [0.1, 0.15) is 0 Å². The first-order valence-corrected chi connectivity index (χ1v) is 7.18. The number of anilines is 1. The second-order valence-corrected chi connectivity index (χ2v) is 5.32. The van der Waals surface area contributed by atoms with Crippen LogP contribution in [0.1, 0.15) is 12.5 Å². The third-order valence-corrected chi connectivity index (χ3v) is 3.50. The highest BCUT2D eigenvalue weighted by molar-refractivity contribution is 5.92. The molecular weight excluding hydrogens is 268 g/mol. The van der Waals surface area contributed by atoms with E-state index in [1.54, 1.807) is 4.90 Å². The van der Waals surface area contributed by atoms with Crippen molar-refractivity contribution in [3.05, 3.63) is 29.8 Å². The summed E-state index contributed by atoms with van der Waals surface area (Å²) >= 11 is 0. The van der Waals surface area contributed by atoms with Crippen molar-refractivity contribution >= 4 is 17.6 Å². The number of nitrogens with zero attached hydrogens (tertiary/aromatic N) is 1. The zero-order chi connectivity index (χ0) is 15.2. The Balaban J connectivity index is 1.79. The first-order valence-electron chi connectivity index (χ1n) is 7.18. The Labute approximate surface area is 124 Å². The van der Waals surface area contributed by atoms with Crippen LogP contribution < -0.4 is 16.0 Å². The molecule has 0 saturated carbocycles.